The summed E-state index contributed by atoms with van der Waals surface area (Å²) in [6.45, 7) is 0. The summed E-state index contributed by atoms with van der Waals surface area (Å²) in [7, 11) is 0. The summed E-state index contributed by atoms with van der Waals surface area (Å²) in [4.78, 5) is 15.7. The average Bonchev–Trinajstić information content (AvgIpc) is 2.40. The molecule has 0 saturated carbocycles. The summed E-state index contributed by atoms with van der Waals surface area (Å²) in [5, 5.41) is 6.09. The minimum atomic E-state index is -0.141. The predicted molar refractivity (Wildman–Crippen MR) is 67.8 cm³/mol. The highest BCUT2D eigenvalue weighted by Gasteiger charge is 2.06. The Morgan fingerprint density at radius 1 is 1.22 bits per heavy atom. The zero-order valence-electron chi connectivity index (χ0n) is 9.63. The topological polar surface area (TPSA) is 78.2 Å². The molecule has 90 valence electrons. The molecule has 1 amide bonds. The molecule has 0 bridgehead atoms. The zero-order valence-corrected chi connectivity index (χ0v) is 9.63. The number of anilines is 1. The lowest BCUT2D eigenvalue weighted by molar-refractivity contribution is -0.115. The fourth-order valence-corrected chi connectivity index (χ4v) is 1.56. The van der Waals surface area contributed by atoms with Gasteiger partial charge in [0, 0.05) is 12.4 Å². The number of pyridine rings is 1. The lowest BCUT2D eigenvalue weighted by Gasteiger charge is -2.06. The van der Waals surface area contributed by atoms with E-state index < -0.39 is 0 Å². The summed E-state index contributed by atoms with van der Waals surface area (Å²) in [6, 6.07) is 10.5. The number of carbonyl (C=O) groups excluding carboxylic acids is 1. The molecule has 1 aromatic heterocycles. The Hall–Kier alpha value is -2.56. The van der Waals surface area contributed by atoms with Crippen molar-refractivity contribution in [3.05, 3.63) is 54.4 Å². The fraction of sp³-hybridized carbons (Fsp3) is 0.0769. The molecule has 0 radical (unpaired) electrons. The van der Waals surface area contributed by atoms with E-state index in [9.17, 15) is 4.79 Å². The van der Waals surface area contributed by atoms with Gasteiger partial charge in [0.25, 0.3) is 0 Å². The molecule has 1 heterocycles. The van der Waals surface area contributed by atoms with Crippen LogP contribution >= 0.6 is 0 Å². The van der Waals surface area contributed by atoms with Gasteiger partial charge < -0.3 is 5.32 Å². The van der Waals surface area contributed by atoms with E-state index in [1.165, 1.54) is 0 Å². The largest absolute Gasteiger partial charge is 0.324 e. The van der Waals surface area contributed by atoms with Crippen LogP contribution in [-0.4, -0.2) is 10.9 Å². The van der Waals surface area contributed by atoms with Gasteiger partial charge in [-0.25, -0.2) is 5.53 Å². The first-order chi connectivity index (χ1) is 8.79. The molecule has 0 aliphatic carbocycles. The SMILES string of the molecule is N=Nc1ccccc1NC(=O)Cc1ccncc1. The lowest BCUT2D eigenvalue weighted by Crippen LogP contribution is -2.14. The van der Waals surface area contributed by atoms with Crippen molar-refractivity contribution in [3.8, 4) is 0 Å². The second-order valence-corrected chi connectivity index (χ2v) is 3.71. The molecule has 5 nitrogen and oxygen atoms in total. The standard InChI is InChI=1S/C13H12N4O/c14-17-12-4-2-1-3-11(12)16-13(18)9-10-5-7-15-8-6-10/h1-8,14H,9H2,(H,16,18). The molecule has 0 atom stereocenters. The van der Waals surface area contributed by atoms with Crippen molar-refractivity contribution in [2.24, 2.45) is 5.11 Å². The van der Waals surface area contributed by atoms with E-state index in [4.69, 9.17) is 5.53 Å². The number of hydrogen-bond donors (Lipinski definition) is 2. The quantitative estimate of drug-likeness (QED) is 0.806. The Bertz CT molecular complexity index is 554. The van der Waals surface area contributed by atoms with Crippen molar-refractivity contribution in [2.75, 3.05) is 5.32 Å². The molecular formula is C13H12N4O. The maximum atomic E-state index is 11.8. The van der Waals surface area contributed by atoms with Crippen molar-refractivity contribution in [3.63, 3.8) is 0 Å². The summed E-state index contributed by atoms with van der Waals surface area (Å²) >= 11 is 0. The number of hydrogen-bond acceptors (Lipinski definition) is 4. The van der Waals surface area contributed by atoms with Crippen molar-refractivity contribution in [1.29, 1.82) is 5.53 Å². The highest BCUT2D eigenvalue weighted by molar-refractivity contribution is 5.94. The maximum Gasteiger partial charge on any atom is 0.228 e. The number of benzene rings is 1. The molecule has 2 N–H and O–H groups in total. The first kappa shape index (κ1) is 11.9. The molecule has 0 aliphatic heterocycles. The molecule has 0 fully saturated rings. The molecule has 0 spiro atoms. The van der Waals surface area contributed by atoms with E-state index >= 15 is 0 Å². The minimum absolute atomic E-state index is 0.141. The Balaban J connectivity index is 2.05. The molecular weight excluding hydrogens is 228 g/mol. The second-order valence-electron chi connectivity index (χ2n) is 3.71. The highest BCUT2D eigenvalue weighted by Crippen LogP contribution is 2.23. The Morgan fingerprint density at radius 3 is 2.67 bits per heavy atom. The average molecular weight is 240 g/mol. The van der Waals surface area contributed by atoms with Gasteiger partial charge in [0.1, 0.15) is 5.69 Å². The lowest BCUT2D eigenvalue weighted by atomic mass is 10.2. The minimum Gasteiger partial charge on any atom is -0.324 e. The van der Waals surface area contributed by atoms with Gasteiger partial charge in [0.2, 0.25) is 5.91 Å². The highest BCUT2D eigenvalue weighted by atomic mass is 16.1. The number of amides is 1. The molecule has 2 aromatic rings. The van der Waals surface area contributed by atoms with Crippen molar-refractivity contribution in [1.82, 2.24) is 4.98 Å². The zero-order chi connectivity index (χ0) is 12.8. The summed E-state index contributed by atoms with van der Waals surface area (Å²) < 4.78 is 0. The number of para-hydroxylation sites is 2. The van der Waals surface area contributed by atoms with Crippen LogP contribution in [0.4, 0.5) is 11.4 Å². The van der Waals surface area contributed by atoms with Gasteiger partial charge in [-0.3, -0.25) is 9.78 Å². The molecule has 18 heavy (non-hydrogen) atoms. The van der Waals surface area contributed by atoms with Crippen LogP contribution in [0, 0.1) is 5.53 Å². The van der Waals surface area contributed by atoms with Crippen LogP contribution in [0.25, 0.3) is 0 Å². The third-order valence-corrected chi connectivity index (χ3v) is 2.41. The number of nitrogens with zero attached hydrogens (tertiary/aromatic N) is 2. The van der Waals surface area contributed by atoms with Crippen LogP contribution in [0.2, 0.25) is 0 Å². The van der Waals surface area contributed by atoms with E-state index in [0.29, 0.717) is 11.4 Å². The monoisotopic (exact) mass is 240 g/mol. The summed E-state index contributed by atoms with van der Waals surface area (Å²) in [5.41, 5.74) is 8.90. The van der Waals surface area contributed by atoms with E-state index in [1.54, 1.807) is 48.8 Å². The van der Waals surface area contributed by atoms with Gasteiger partial charge in [-0.05, 0) is 29.8 Å². The molecule has 0 aliphatic rings. The van der Waals surface area contributed by atoms with Crippen molar-refractivity contribution in [2.45, 2.75) is 6.42 Å². The molecule has 2 rings (SSSR count). The van der Waals surface area contributed by atoms with E-state index in [1.807, 2.05) is 0 Å². The number of nitrogens with one attached hydrogen (secondary N) is 2. The Kier molecular flexibility index (Phi) is 3.76. The van der Waals surface area contributed by atoms with E-state index in [-0.39, 0.29) is 12.3 Å². The molecule has 0 saturated heterocycles. The van der Waals surface area contributed by atoms with Gasteiger partial charge in [-0.1, -0.05) is 12.1 Å². The summed E-state index contributed by atoms with van der Waals surface area (Å²) in [5.74, 6) is -0.141. The third kappa shape index (κ3) is 2.98. The van der Waals surface area contributed by atoms with Crippen LogP contribution in [0.15, 0.2) is 53.9 Å². The Morgan fingerprint density at radius 2 is 1.94 bits per heavy atom. The third-order valence-electron chi connectivity index (χ3n) is 2.41. The van der Waals surface area contributed by atoms with Crippen molar-refractivity contribution < 1.29 is 4.79 Å². The second kappa shape index (κ2) is 5.67. The summed E-state index contributed by atoms with van der Waals surface area (Å²) in [6.07, 6.45) is 3.57. The smallest absolute Gasteiger partial charge is 0.228 e. The normalized spacial score (nSPS) is 9.78. The van der Waals surface area contributed by atoms with Gasteiger partial charge in [-0.2, -0.15) is 5.11 Å². The van der Waals surface area contributed by atoms with Gasteiger partial charge in [-0.15, -0.1) is 0 Å². The predicted octanol–water partition coefficient (Wildman–Crippen LogP) is 2.93. The fourth-order valence-electron chi connectivity index (χ4n) is 1.56. The number of aromatic nitrogens is 1. The molecule has 0 unspecified atom stereocenters. The van der Waals surface area contributed by atoms with Crippen LogP contribution in [-0.2, 0) is 11.2 Å². The number of rotatable bonds is 4. The van der Waals surface area contributed by atoms with Crippen LogP contribution in [0.5, 0.6) is 0 Å². The first-order valence-electron chi connectivity index (χ1n) is 5.45. The molecule has 1 aromatic carbocycles. The van der Waals surface area contributed by atoms with Crippen LogP contribution in [0.1, 0.15) is 5.56 Å². The first-order valence-corrected chi connectivity index (χ1v) is 5.45. The van der Waals surface area contributed by atoms with Gasteiger partial charge >= 0.3 is 0 Å². The van der Waals surface area contributed by atoms with Crippen molar-refractivity contribution >= 4 is 17.3 Å². The number of carbonyl (C=O) groups is 1. The van der Waals surface area contributed by atoms with E-state index in [0.717, 1.165) is 5.56 Å². The van der Waals surface area contributed by atoms with Crippen LogP contribution in [0.3, 0.4) is 0 Å². The molecule has 5 heteroatoms. The van der Waals surface area contributed by atoms with Gasteiger partial charge in [0.05, 0.1) is 12.1 Å². The van der Waals surface area contributed by atoms with Gasteiger partial charge in [0.15, 0.2) is 0 Å². The van der Waals surface area contributed by atoms with Crippen LogP contribution < -0.4 is 5.32 Å². The Labute approximate surface area is 104 Å². The van der Waals surface area contributed by atoms with E-state index in [2.05, 4.69) is 15.4 Å². The maximum absolute atomic E-state index is 11.8.